The van der Waals surface area contributed by atoms with Gasteiger partial charge in [0, 0.05) is 18.0 Å². The zero-order chi connectivity index (χ0) is 19.7. The molecule has 4 rings (SSSR count). The van der Waals surface area contributed by atoms with E-state index in [2.05, 4.69) is 15.3 Å². The van der Waals surface area contributed by atoms with Crippen molar-refractivity contribution in [2.45, 2.75) is 65.0 Å². The van der Waals surface area contributed by atoms with E-state index in [1.54, 1.807) is 13.0 Å². The molecular formula is C21H25N3O4. The Labute approximate surface area is 163 Å². The molecule has 0 spiro atoms. The van der Waals surface area contributed by atoms with Crippen molar-refractivity contribution in [1.82, 2.24) is 15.3 Å². The van der Waals surface area contributed by atoms with E-state index in [0.29, 0.717) is 23.8 Å². The number of hydrogen-bond donors (Lipinski definition) is 1. The Morgan fingerprint density at radius 3 is 2.79 bits per heavy atom. The van der Waals surface area contributed by atoms with Crippen LogP contribution >= 0.6 is 0 Å². The molecule has 3 heterocycles. The van der Waals surface area contributed by atoms with Gasteiger partial charge in [0.05, 0.1) is 6.54 Å². The second kappa shape index (κ2) is 7.83. The van der Waals surface area contributed by atoms with Gasteiger partial charge in [-0.2, -0.15) is 0 Å². The third-order valence-electron chi connectivity index (χ3n) is 5.49. The van der Waals surface area contributed by atoms with Gasteiger partial charge in [-0.1, -0.05) is 0 Å². The van der Waals surface area contributed by atoms with Gasteiger partial charge in [0.25, 0.3) is 5.91 Å². The van der Waals surface area contributed by atoms with Crippen LogP contribution in [0.1, 0.15) is 76.2 Å². The van der Waals surface area contributed by atoms with E-state index in [1.807, 2.05) is 6.92 Å². The highest BCUT2D eigenvalue weighted by Gasteiger charge is 2.24. The summed E-state index contributed by atoms with van der Waals surface area (Å²) in [6.45, 7) is 4.57. The van der Waals surface area contributed by atoms with E-state index in [-0.39, 0.29) is 18.2 Å². The summed E-state index contributed by atoms with van der Waals surface area (Å²) >= 11 is 0. The van der Waals surface area contributed by atoms with Gasteiger partial charge in [-0.3, -0.25) is 4.79 Å². The van der Waals surface area contributed by atoms with Gasteiger partial charge in [0.1, 0.15) is 23.3 Å². The Morgan fingerprint density at radius 2 is 2.04 bits per heavy atom. The first-order chi connectivity index (χ1) is 13.5. The minimum atomic E-state index is -0.634. The molecule has 2 aromatic heterocycles. The van der Waals surface area contributed by atoms with Crippen LogP contribution in [0.15, 0.2) is 15.3 Å². The van der Waals surface area contributed by atoms with E-state index in [9.17, 15) is 9.59 Å². The minimum absolute atomic E-state index is 0.0245. The largest absolute Gasteiger partial charge is 0.424 e. The third kappa shape index (κ3) is 3.71. The first-order valence-electron chi connectivity index (χ1n) is 9.92. The lowest BCUT2D eigenvalue weighted by Crippen LogP contribution is -2.30. The lowest BCUT2D eigenvalue weighted by atomic mass is 9.95. The summed E-state index contributed by atoms with van der Waals surface area (Å²) in [5.41, 5.74) is 3.27. The fourth-order valence-corrected chi connectivity index (χ4v) is 4.04. The topological polar surface area (TPSA) is 94.3 Å². The molecule has 1 amide bonds. The summed E-state index contributed by atoms with van der Waals surface area (Å²) in [7, 11) is 0. The lowest BCUT2D eigenvalue weighted by Gasteiger charge is -2.17. The average molecular weight is 383 g/mol. The molecule has 2 aliphatic rings. The van der Waals surface area contributed by atoms with Crippen LogP contribution < -0.4 is 10.9 Å². The molecule has 1 aliphatic heterocycles. The standard InChI is InChI=1S/C21H25N3O4/c1-12-10-17(16-8-5-9-27-16)28-21(26)19(12)20(25)22-11-18-23-13(2)14-6-3-4-7-15(14)24-18/h10,16H,3-9,11H2,1-2H3,(H,22,25). The van der Waals surface area contributed by atoms with E-state index in [0.717, 1.165) is 43.5 Å². The van der Waals surface area contributed by atoms with Crippen LogP contribution in [0.4, 0.5) is 0 Å². The normalized spacial score (nSPS) is 18.7. The number of hydrogen-bond acceptors (Lipinski definition) is 6. The molecule has 7 heteroatoms. The van der Waals surface area contributed by atoms with Crippen LogP contribution in [0.2, 0.25) is 0 Å². The molecule has 0 aromatic carbocycles. The van der Waals surface area contributed by atoms with Crippen molar-refractivity contribution in [3.05, 3.63) is 56.1 Å². The number of amides is 1. The maximum atomic E-state index is 12.6. The fraction of sp³-hybridized carbons (Fsp3) is 0.524. The highest BCUT2D eigenvalue weighted by atomic mass is 16.5. The second-order valence-electron chi connectivity index (χ2n) is 7.54. The van der Waals surface area contributed by atoms with Gasteiger partial charge in [0.2, 0.25) is 0 Å². The minimum Gasteiger partial charge on any atom is -0.424 e. The van der Waals surface area contributed by atoms with E-state index in [4.69, 9.17) is 9.15 Å². The van der Waals surface area contributed by atoms with Gasteiger partial charge in [0.15, 0.2) is 0 Å². The number of aryl methyl sites for hydroxylation is 3. The van der Waals surface area contributed by atoms with Crippen LogP contribution in [0.25, 0.3) is 0 Å². The molecule has 1 N–H and O–H groups in total. The van der Waals surface area contributed by atoms with Crippen LogP contribution in [-0.4, -0.2) is 22.5 Å². The van der Waals surface area contributed by atoms with Crippen LogP contribution in [0.5, 0.6) is 0 Å². The van der Waals surface area contributed by atoms with Gasteiger partial charge in [-0.05, 0) is 69.6 Å². The number of fused-ring (bicyclic) bond motifs is 1. The molecule has 0 saturated carbocycles. The molecule has 1 atom stereocenters. The highest BCUT2D eigenvalue weighted by Crippen LogP contribution is 2.28. The smallest absolute Gasteiger partial charge is 0.349 e. The fourth-order valence-electron chi connectivity index (χ4n) is 4.04. The maximum absolute atomic E-state index is 12.6. The summed E-state index contributed by atoms with van der Waals surface area (Å²) in [6.07, 6.45) is 5.84. The number of aromatic nitrogens is 2. The third-order valence-corrected chi connectivity index (χ3v) is 5.49. The lowest BCUT2D eigenvalue weighted by molar-refractivity contribution is 0.0882. The Morgan fingerprint density at radius 1 is 1.21 bits per heavy atom. The first-order valence-corrected chi connectivity index (χ1v) is 9.92. The van der Waals surface area contributed by atoms with E-state index < -0.39 is 11.5 Å². The summed E-state index contributed by atoms with van der Waals surface area (Å²) in [4.78, 5) is 34.1. The molecule has 0 bridgehead atoms. The van der Waals surface area contributed by atoms with Gasteiger partial charge in [-0.25, -0.2) is 14.8 Å². The summed E-state index contributed by atoms with van der Waals surface area (Å²) < 4.78 is 10.9. The zero-order valence-corrected chi connectivity index (χ0v) is 16.3. The van der Waals surface area contributed by atoms with Gasteiger partial charge in [-0.15, -0.1) is 0 Å². The van der Waals surface area contributed by atoms with E-state index >= 15 is 0 Å². The van der Waals surface area contributed by atoms with E-state index in [1.165, 1.54) is 12.0 Å². The van der Waals surface area contributed by atoms with Crippen molar-refractivity contribution >= 4 is 5.91 Å². The first kappa shape index (κ1) is 18.8. The van der Waals surface area contributed by atoms with Gasteiger partial charge >= 0.3 is 5.63 Å². The van der Waals surface area contributed by atoms with Crippen LogP contribution in [-0.2, 0) is 24.1 Å². The van der Waals surface area contributed by atoms with Crippen molar-refractivity contribution in [3.8, 4) is 0 Å². The summed E-state index contributed by atoms with van der Waals surface area (Å²) in [5.74, 6) is 0.596. The van der Waals surface area contributed by atoms with Gasteiger partial charge < -0.3 is 14.5 Å². The molecule has 2 aromatic rings. The van der Waals surface area contributed by atoms with Crippen LogP contribution in [0, 0.1) is 13.8 Å². The van der Waals surface area contributed by atoms with Crippen LogP contribution in [0.3, 0.4) is 0 Å². The molecule has 148 valence electrons. The van der Waals surface area contributed by atoms with Crippen molar-refractivity contribution in [3.63, 3.8) is 0 Å². The molecule has 0 radical (unpaired) electrons. The number of rotatable bonds is 4. The van der Waals surface area contributed by atoms with Crippen molar-refractivity contribution in [1.29, 1.82) is 0 Å². The number of nitrogens with zero attached hydrogens (tertiary/aromatic N) is 2. The quantitative estimate of drug-likeness (QED) is 0.872. The SMILES string of the molecule is Cc1cc(C2CCCO2)oc(=O)c1C(=O)NCc1nc(C)c2c(n1)CCCC2. The molecular weight excluding hydrogens is 358 g/mol. The predicted octanol–water partition coefficient (Wildman–Crippen LogP) is 2.71. The van der Waals surface area contributed by atoms with Crippen molar-refractivity contribution in [2.24, 2.45) is 0 Å². The zero-order valence-electron chi connectivity index (χ0n) is 16.3. The highest BCUT2D eigenvalue weighted by molar-refractivity contribution is 5.95. The number of nitrogens with one attached hydrogen (secondary N) is 1. The Bertz CT molecular complexity index is 961. The van der Waals surface area contributed by atoms with Crippen molar-refractivity contribution in [2.75, 3.05) is 6.61 Å². The van der Waals surface area contributed by atoms with Crippen molar-refractivity contribution < 1.29 is 13.9 Å². The monoisotopic (exact) mass is 383 g/mol. The summed E-state index contributed by atoms with van der Waals surface area (Å²) in [5, 5.41) is 2.76. The molecule has 1 aliphatic carbocycles. The molecule has 1 saturated heterocycles. The Kier molecular flexibility index (Phi) is 5.26. The predicted molar refractivity (Wildman–Crippen MR) is 102 cm³/mol. The molecule has 1 fully saturated rings. The molecule has 7 nitrogen and oxygen atoms in total. The summed E-state index contributed by atoms with van der Waals surface area (Å²) in [6, 6.07) is 1.73. The molecule has 1 unspecified atom stereocenters. The maximum Gasteiger partial charge on any atom is 0.349 e. The Balaban J connectivity index is 1.50. The molecule has 28 heavy (non-hydrogen) atoms. The second-order valence-corrected chi connectivity index (χ2v) is 7.54. The number of ether oxygens (including phenoxy) is 1. The Hall–Kier alpha value is -2.54. The number of carbonyl (C=O) groups is 1. The average Bonchev–Trinajstić information content (AvgIpc) is 3.21. The number of carbonyl (C=O) groups excluding carboxylic acids is 1.